The lowest BCUT2D eigenvalue weighted by molar-refractivity contribution is -0.130. The zero-order valence-corrected chi connectivity index (χ0v) is 16.1. The summed E-state index contributed by atoms with van der Waals surface area (Å²) in [6.45, 7) is 4.95. The summed E-state index contributed by atoms with van der Waals surface area (Å²) in [7, 11) is -2.96. The Bertz CT molecular complexity index is 820. The number of morpholine rings is 1. The molecule has 0 unspecified atom stereocenters. The van der Waals surface area contributed by atoms with Gasteiger partial charge in [-0.3, -0.25) is 19.7 Å². The van der Waals surface area contributed by atoms with Crippen molar-refractivity contribution in [2.45, 2.75) is 37.6 Å². The number of hydrogen-bond donors (Lipinski definition) is 1. The molecule has 0 aliphatic carbocycles. The molecule has 1 aromatic rings. The molecule has 2 atom stereocenters. The van der Waals surface area contributed by atoms with Gasteiger partial charge in [0.05, 0.1) is 42.1 Å². The predicted octanol–water partition coefficient (Wildman–Crippen LogP) is -0.942. The third-order valence-electron chi connectivity index (χ3n) is 5.17. The molecule has 148 valence electrons. The number of carbonyl (C=O) groups is 1. The lowest BCUT2D eigenvalue weighted by Crippen LogP contribution is -2.55. The molecule has 0 saturated carbocycles. The fraction of sp³-hybridized carbons (Fsp3) is 0.706. The van der Waals surface area contributed by atoms with Crippen LogP contribution < -0.4 is 5.32 Å². The van der Waals surface area contributed by atoms with Gasteiger partial charge in [0.1, 0.15) is 11.7 Å². The van der Waals surface area contributed by atoms with Crippen molar-refractivity contribution in [1.29, 1.82) is 0 Å². The SMILES string of the molecule is Cc1cncc(CN2CCO[C@@]3(CO[C@@H](C(=O)NC4CS(=O)(=O)C4)C3)C2)n1. The van der Waals surface area contributed by atoms with E-state index >= 15 is 0 Å². The molecule has 4 rings (SSSR count). The molecule has 9 nitrogen and oxygen atoms in total. The largest absolute Gasteiger partial charge is 0.370 e. The van der Waals surface area contributed by atoms with Crippen LogP contribution in [-0.2, 0) is 30.7 Å². The molecule has 3 aliphatic heterocycles. The second kappa shape index (κ2) is 7.08. The van der Waals surface area contributed by atoms with Crippen LogP contribution in [0.3, 0.4) is 0 Å². The van der Waals surface area contributed by atoms with E-state index in [0.717, 1.165) is 17.9 Å². The first-order chi connectivity index (χ1) is 12.8. The van der Waals surface area contributed by atoms with Gasteiger partial charge in [-0.15, -0.1) is 0 Å². The molecular formula is C17H24N4O5S. The number of aryl methyl sites for hydroxylation is 1. The molecule has 3 saturated heterocycles. The number of nitrogens with one attached hydrogen (secondary N) is 1. The third-order valence-corrected chi connectivity index (χ3v) is 6.99. The topological polar surface area (TPSA) is 111 Å². The van der Waals surface area contributed by atoms with Crippen LogP contribution in [0.4, 0.5) is 0 Å². The van der Waals surface area contributed by atoms with Gasteiger partial charge < -0.3 is 14.8 Å². The molecule has 1 amide bonds. The standard InChI is InChI=1S/C17H24N4O5S/c1-12-5-18-6-13(19-12)7-21-2-3-26-17(10-21)4-15(25-11-17)16(22)20-14-8-27(23,24)9-14/h5-6,14-15H,2-4,7-11H2,1H3,(H,20,22)/t15-,17-/m1/s1. The maximum atomic E-state index is 12.4. The molecule has 1 aromatic heterocycles. The molecule has 10 heteroatoms. The first kappa shape index (κ1) is 18.7. The Morgan fingerprint density at radius 2 is 2.22 bits per heavy atom. The fourth-order valence-electron chi connectivity index (χ4n) is 3.91. The van der Waals surface area contributed by atoms with Gasteiger partial charge >= 0.3 is 0 Å². The Kier molecular flexibility index (Phi) is 4.91. The maximum Gasteiger partial charge on any atom is 0.249 e. The monoisotopic (exact) mass is 396 g/mol. The van der Waals surface area contributed by atoms with E-state index in [4.69, 9.17) is 9.47 Å². The molecular weight excluding hydrogens is 372 g/mol. The first-order valence-electron chi connectivity index (χ1n) is 9.09. The third kappa shape index (κ3) is 4.29. The number of carbonyl (C=O) groups excluding carboxylic acids is 1. The lowest BCUT2D eigenvalue weighted by Gasteiger charge is -2.39. The number of aromatic nitrogens is 2. The Morgan fingerprint density at radius 1 is 1.41 bits per heavy atom. The fourth-order valence-corrected chi connectivity index (χ4v) is 5.20. The van der Waals surface area contributed by atoms with E-state index < -0.39 is 21.5 Å². The van der Waals surface area contributed by atoms with Crippen LogP contribution in [0.2, 0.25) is 0 Å². The second-order valence-corrected chi connectivity index (χ2v) is 9.83. The quantitative estimate of drug-likeness (QED) is 0.694. The van der Waals surface area contributed by atoms with E-state index in [-0.39, 0.29) is 23.5 Å². The average molecular weight is 396 g/mol. The predicted molar refractivity (Wildman–Crippen MR) is 95.7 cm³/mol. The van der Waals surface area contributed by atoms with Gasteiger partial charge in [-0.25, -0.2) is 8.42 Å². The van der Waals surface area contributed by atoms with Crippen LogP contribution in [0.5, 0.6) is 0 Å². The van der Waals surface area contributed by atoms with Crippen LogP contribution in [0, 0.1) is 6.92 Å². The van der Waals surface area contributed by atoms with Crippen LogP contribution >= 0.6 is 0 Å². The Balaban J connectivity index is 1.33. The Morgan fingerprint density at radius 3 is 2.96 bits per heavy atom. The number of amides is 1. The van der Waals surface area contributed by atoms with E-state index in [1.165, 1.54) is 0 Å². The van der Waals surface area contributed by atoms with Gasteiger partial charge in [0.25, 0.3) is 0 Å². The van der Waals surface area contributed by atoms with Crippen molar-refractivity contribution in [3.63, 3.8) is 0 Å². The molecule has 0 bridgehead atoms. The van der Waals surface area contributed by atoms with E-state index in [2.05, 4.69) is 20.2 Å². The Hall–Kier alpha value is -1.62. The van der Waals surface area contributed by atoms with Crippen molar-refractivity contribution in [3.05, 3.63) is 23.8 Å². The van der Waals surface area contributed by atoms with E-state index in [1.54, 1.807) is 12.4 Å². The minimum atomic E-state index is -2.96. The van der Waals surface area contributed by atoms with Gasteiger partial charge in [-0.1, -0.05) is 0 Å². The zero-order chi connectivity index (χ0) is 19.1. The van der Waals surface area contributed by atoms with Crippen molar-refractivity contribution in [2.75, 3.05) is 37.8 Å². The maximum absolute atomic E-state index is 12.4. The molecule has 0 radical (unpaired) electrons. The van der Waals surface area contributed by atoms with Crippen molar-refractivity contribution in [3.8, 4) is 0 Å². The summed E-state index contributed by atoms with van der Waals surface area (Å²) in [5, 5.41) is 2.76. The van der Waals surface area contributed by atoms with Crippen molar-refractivity contribution >= 4 is 15.7 Å². The van der Waals surface area contributed by atoms with Crippen LogP contribution in [0.1, 0.15) is 17.8 Å². The zero-order valence-electron chi connectivity index (χ0n) is 15.3. The second-order valence-electron chi connectivity index (χ2n) is 7.68. The molecule has 1 N–H and O–H groups in total. The van der Waals surface area contributed by atoms with E-state index in [1.807, 2.05) is 6.92 Å². The van der Waals surface area contributed by atoms with Gasteiger partial charge in [-0.2, -0.15) is 0 Å². The van der Waals surface area contributed by atoms with Crippen molar-refractivity contribution in [2.24, 2.45) is 0 Å². The van der Waals surface area contributed by atoms with Gasteiger partial charge in [-0.05, 0) is 6.92 Å². The van der Waals surface area contributed by atoms with Gasteiger partial charge in [0.15, 0.2) is 9.84 Å². The molecule has 3 aliphatic rings. The smallest absolute Gasteiger partial charge is 0.249 e. The summed E-state index contributed by atoms with van der Waals surface area (Å²) in [6, 6.07) is -0.300. The summed E-state index contributed by atoms with van der Waals surface area (Å²) in [5.41, 5.74) is 1.28. The molecule has 27 heavy (non-hydrogen) atoms. The summed E-state index contributed by atoms with van der Waals surface area (Å²) < 4.78 is 34.2. The summed E-state index contributed by atoms with van der Waals surface area (Å²) in [4.78, 5) is 23.3. The number of ether oxygens (including phenoxy) is 2. The highest BCUT2D eigenvalue weighted by Crippen LogP contribution is 2.32. The molecule has 0 aromatic carbocycles. The number of hydrogen-bond acceptors (Lipinski definition) is 8. The van der Waals surface area contributed by atoms with Crippen LogP contribution in [0.15, 0.2) is 12.4 Å². The van der Waals surface area contributed by atoms with E-state index in [0.29, 0.717) is 32.7 Å². The minimum Gasteiger partial charge on any atom is -0.370 e. The summed E-state index contributed by atoms with van der Waals surface area (Å²) in [5.74, 6) is -0.228. The highest BCUT2D eigenvalue weighted by Gasteiger charge is 2.47. The van der Waals surface area contributed by atoms with Crippen LogP contribution in [0.25, 0.3) is 0 Å². The van der Waals surface area contributed by atoms with Crippen LogP contribution in [-0.4, -0.2) is 84.7 Å². The summed E-state index contributed by atoms with van der Waals surface area (Å²) in [6.07, 6.45) is 3.36. The lowest BCUT2D eigenvalue weighted by atomic mass is 9.97. The Labute approximate surface area is 158 Å². The molecule has 1 spiro atoms. The highest BCUT2D eigenvalue weighted by atomic mass is 32.2. The highest BCUT2D eigenvalue weighted by molar-refractivity contribution is 7.92. The molecule has 3 fully saturated rings. The normalized spacial score (nSPS) is 30.9. The number of nitrogens with zero attached hydrogens (tertiary/aromatic N) is 3. The number of sulfone groups is 1. The number of rotatable bonds is 4. The first-order valence-corrected chi connectivity index (χ1v) is 10.9. The summed E-state index contributed by atoms with van der Waals surface area (Å²) >= 11 is 0. The minimum absolute atomic E-state index is 0.0123. The van der Waals surface area contributed by atoms with Gasteiger partial charge in [0, 0.05) is 38.4 Å². The van der Waals surface area contributed by atoms with Crippen molar-refractivity contribution < 1.29 is 22.7 Å². The van der Waals surface area contributed by atoms with E-state index in [9.17, 15) is 13.2 Å². The van der Waals surface area contributed by atoms with Crippen molar-refractivity contribution in [1.82, 2.24) is 20.2 Å². The molecule has 4 heterocycles. The van der Waals surface area contributed by atoms with Gasteiger partial charge in [0.2, 0.25) is 5.91 Å². The average Bonchev–Trinajstić information content (AvgIpc) is 2.97.